The zero-order chi connectivity index (χ0) is 25.2. The highest BCUT2D eigenvalue weighted by Crippen LogP contribution is 2.30. The van der Waals surface area contributed by atoms with Crippen LogP contribution in [0.25, 0.3) is 0 Å². The number of aryl methyl sites for hydroxylation is 1. The maximum Gasteiger partial charge on any atom is 0.222 e. The molecular weight excluding hydrogens is 470 g/mol. The van der Waals surface area contributed by atoms with E-state index in [1.54, 1.807) is 11.8 Å². The number of nitrogens with zero attached hydrogens (tertiary/aromatic N) is 4. The molecule has 4 rings (SSSR count). The van der Waals surface area contributed by atoms with Crippen molar-refractivity contribution in [2.75, 3.05) is 25.4 Å². The highest BCUT2D eigenvalue weighted by atomic mass is 32.2. The van der Waals surface area contributed by atoms with E-state index in [-0.39, 0.29) is 17.9 Å². The van der Waals surface area contributed by atoms with Gasteiger partial charge in [0.05, 0.1) is 6.04 Å². The van der Waals surface area contributed by atoms with Crippen molar-refractivity contribution in [3.8, 4) is 0 Å². The van der Waals surface area contributed by atoms with E-state index in [1.165, 1.54) is 5.57 Å². The molecule has 1 aliphatic heterocycles. The molecule has 1 aromatic rings. The molecule has 2 atom stereocenters. The Kier molecular flexibility index (Phi) is 10.0. The summed E-state index contributed by atoms with van der Waals surface area (Å²) in [4.78, 5) is 25.8. The number of nitrogens with one attached hydrogen (secondary N) is 1. The zero-order valence-corrected chi connectivity index (χ0v) is 22.2. The van der Waals surface area contributed by atoms with Crippen LogP contribution in [0.3, 0.4) is 0 Å². The van der Waals surface area contributed by atoms with Gasteiger partial charge in [0.25, 0.3) is 0 Å². The Balaban J connectivity index is 1.22. The lowest BCUT2D eigenvalue weighted by Gasteiger charge is -2.20. The molecule has 1 aromatic heterocycles. The Labute approximate surface area is 219 Å². The third-order valence-electron chi connectivity index (χ3n) is 6.92. The molecule has 2 amide bonds. The van der Waals surface area contributed by atoms with Crippen LogP contribution in [0.1, 0.15) is 70.2 Å². The molecule has 7 nitrogen and oxygen atoms in total. The van der Waals surface area contributed by atoms with Crippen LogP contribution in [0, 0.1) is 5.92 Å². The van der Waals surface area contributed by atoms with E-state index in [0.717, 1.165) is 74.8 Å². The monoisotopic (exact) mass is 509 g/mol. The quantitative estimate of drug-likeness (QED) is 0.305. The first-order chi connectivity index (χ1) is 17.6. The molecule has 1 fully saturated rings. The molecule has 8 heteroatoms. The minimum Gasteiger partial charge on any atom is -0.356 e. The first kappa shape index (κ1) is 26.5. The van der Waals surface area contributed by atoms with E-state index in [1.807, 2.05) is 4.90 Å². The van der Waals surface area contributed by atoms with E-state index in [9.17, 15) is 9.59 Å². The van der Waals surface area contributed by atoms with Crippen molar-refractivity contribution < 1.29 is 9.59 Å². The molecule has 0 aromatic carbocycles. The predicted octanol–water partition coefficient (Wildman–Crippen LogP) is 4.79. The smallest absolute Gasteiger partial charge is 0.222 e. The van der Waals surface area contributed by atoms with Crippen LogP contribution in [0.5, 0.6) is 0 Å². The van der Waals surface area contributed by atoms with E-state index >= 15 is 0 Å². The van der Waals surface area contributed by atoms with Gasteiger partial charge in [0.15, 0.2) is 5.16 Å². The standard InChI is InChI=1S/C28H39N5O2S/c1-22-10-7-11-23(20-22)21-36-28-31-30-25(33(28)24-12-3-2-4-13-24)14-5-6-15-26(34)29-17-9-19-32-18-8-16-27(32)35/h2-4,7,10-12,22,24H,5-6,8-9,13-21H2,1H3,(H,29,34). The van der Waals surface area contributed by atoms with Crippen molar-refractivity contribution in [1.29, 1.82) is 0 Å². The second-order valence-electron chi connectivity index (χ2n) is 9.96. The number of aromatic nitrogens is 3. The highest BCUT2D eigenvalue weighted by Gasteiger charge is 2.21. The molecule has 2 heterocycles. The molecular formula is C28H39N5O2S. The SMILES string of the molecule is CC1C=CC=C(CSc2nnc(CCCCC(=O)NCCCN3CCCC3=O)n2C2C=CC=CC2)C1. The van der Waals surface area contributed by atoms with Crippen LogP contribution in [0.4, 0.5) is 0 Å². The number of unbranched alkanes of at least 4 members (excludes halogenated alkanes) is 1. The summed E-state index contributed by atoms with van der Waals surface area (Å²) >= 11 is 1.78. The average Bonchev–Trinajstić information content (AvgIpc) is 3.49. The van der Waals surface area contributed by atoms with Crippen LogP contribution < -0.4 is 5.32 Å². The lowest BCUT2D eigenvalue weighted by molar-refractivity contribution is -0.127. The Morgan fingerprint density at radius 3 is 2.86 bits per heavy atom. The van der Waals surface area contributed by atoms with Gasteiger partial charge >= 0.3 is 0 Å². The Hall–Kier alpha value is -2.61. The normalized spacial score (nSPS) is 21.3. The largest absolute Gasteiger partial charge is 0.356 e. The van der Waals surface area contributed by atoms with Gasteiger partial charge in [-0.2, -0.15) is 0 Å². The Morgan fingerprint density at radius 2 is 2.08 bits per heavy atom. The fourth-order valence-corrected chi connectivity index (χ4v) is 5.97. The third-order valence-corrected chi connectivity index (χ3v) is 7.97. The Bertz CT molecular complexity index is 1030. The van der Waals surface area contributed by atoms with Gasteiger partial charge in [0.2, 0.25) is 11.8 Å². The second-order valence-corrected chi connectivity index (χ2v) is 10.9. The topological polar surface area (TPSA) is 80.1 Å². The molecule has 1 N–H and O–H groups in total. The minimum atomic E-state index is 0.0878. The van der Waals surface area contributed by atoms with Crippen molar-refractivity contribution >= 4 is 23.6 Å². The fraction of sp³-hybridized carbons (Fsp3) is 0.571. The number of likely N-dealkylation sites (tertiary alicyclic amines) is 1. The number of carbonyl (C=O) groups excluding carboxylic acids is 2. The molecule has 194 valence electrons. The molecule has 0 saturated carbocycles. The van der Waals surface area contributed by atoms with Gasteiger partial charge in [-0.3, -0.25) is 14.2 Å². The zero-order valence-electron chi connectivity index (χ0n) is 21.4. The van der Waals surface area contributed by atoms with Gasteiger partial charge in [-0.1, -0.05) is 66.8 Å². The second kappa shape index (κ2) is 13.6. The summed E-state index contributed by atoms with van der Waals surface area (Å²) in [5, 5.41) is 13.1. The van der Waals surface area contributed by atoms with Crippen LogP contribution in [0.15, 0.2) is 53.3 Å². The number of thioether (sulfide) groups is 1. The summed E-state index contributed by atoms with van der Waals surface area (Å²) in [5.41, 5.74) is 1.45. The molecule has 0 spiro atoms. The lowest BCUT2D eigenvalue weighted by Crippen LogP contribution is -2.30. The number of hydrogen-bond acceptors (Lipinski definition) is 5. The molecule has 0 radical (unpaired) electrons. The van der Waals surface area contributed by atoms with E-state index in [4.69, 9.17) is 0 Å². The number of hydrogen-bond donors (Lipinski definition) is 1. The summed E-state index contributed by atoms with van der Waals surface area (Å²) in [7, 11) is 0. The Morgan fingerprint density at radius 1 is 1.17 bits per heavy atom. The molecule has 1 saturated heterocycles. The first-order valence-corrected chi connectivity index (χ1v) is 14.4. The van der Waals surface area contributed by atoms with Crippen LogP contribution in [-0.2, 0) is 16.0 Å². The summed E-state index contributed by atoms with van der Waals surface area (Å²) < 4.78 is 2.30. The van der Waals surface area contributed by atoms with Crippen molar-refractivity contribution in [3.63, 3.8) is 0 Å². The molecule has 0 bridgehead atoms. The first-order valence-electron chi connectivity index (χ1n) is 13.4. The molecule has 2 aliphatic carbocycles. The highest BCUT2D eigenvalue weighted by molar-refractivity contribution is 7.99. The maximum absolute atomic E-state index is 12.2. The minimum absolute atomic E-state index is 0.0878. The van der Waals surface area contributed by atoms with Crippen molar-refractivity contribution in [2.45, 2.75) is 75.9 Å². The maximum atomic E-state index is 12.2. The van der Waals surface area contributed by atoms with Gasteiger partial charge < -0.3 is 10.2 Å². The number of carbonyl (C=O) groups is 2. The van der Waals surface area contributed by atoms with Crippen LogP contribution >= 0.6 is 11.8 Å². The average molecular weight is 510 g/mol. The van der Waals surface area contributed by atoms with Gasteiger partial charge in [-0.05, 0) is 44.4 Å². The number of allylic oxidation sites excluding steroid dienone is 7. The van der Waals surface area contributed by atoms with Crippen LogP contribution in [-0.4, -0.2) is 56.9 Å². The third kappa shape index (κ3) is 7.69. The van der Waals surface area contributed by atoms with Gasteiger partial charge in [-0.15, -0.1) is 10.2 Å². The summed E-state index contributed by atoms with van der Waals surface area (Å²) in [5.74, 6) is 2.87. The molecule has 3 aliphatic rings. The van der Waals surface area contributed by atoms with E-state index in [2.05, 4.69) is 69.5 Å². The van der Waals surface area contributed by atoms with Gasteiger partial charge in [0.1, 0.15) is 5.82 Å². The predicted molar refractivity (Wildman–Crippen MR) is 145 cm³/mol. The van der Waals surface area contributed by atoms with E-state index in [0.29, 0.717) is 25.3 Å². The van der Waals surface area contributed by atoms with Crippen LogP contribution in [0.2, 0.25) is 0 Å². The molecule has 2 unspecified atom stereocenters. The number of amides is 2. The van der Waals surface area contributed by atoms with Gasteiger partial charge in [0, 0.05) is 44.6 Å². The summed E-state index contributed by atoms with van der Waals surface area (Å²) in [6, 6.07) is 0.243. The number of rotatable bonds is 13. The van der Waals surface area contributed by atoms with Crippen molar-refractivity contribution in [2.24, 2.45) is 5.92 Å². The summed E-state index contributed by atoms with van der Waals surface area (Å²) in [6.45, 7) is 4.49. The lowest BCUT2D eigenvalue weighted by atomic mass is 9.97. The van der Waals surface area contributed by atoms with Crippen molar-refractivity contribution in [3.05, 3.63) is 53.9 Å². The summed E-state index contributed by atoms with van der Waals surface area (Å²) in [6.07, 6.45) is 22.8. The fourth-order valence-electron chi connectivity index (χ4n) is 4.96. The van der Waals surface area contributed by atoms with Crippen molar-refractivity contribution in [1.82, 2.24) is 25.0 Å². The molecule has 36 heavy (non-hydrogen) atoms. The van der Waals surface area contributed by atoms with Gasteiger partial charge in [-0.25, -0.2) is 0 Å². The van der Waals surface area contributed by atoms with E-state index < -0.39 is 0 Å².